The summed E-state index contributed by atoms with van der Waals surface area (Å²) < 4.78 is 41.6. The van der Waals surface area contributed by atoms with Crippen molar-refractivity contribution in [2.45, 2.75) is 38.5 Å². The fourth-order valence-electron chi connectivity index (χ4n) is 1.29. The van der Waals surface area contributed by atoms with Gasteiger partial charge in [0, 0.05) is 16.1 Å². The molecular formula is C12H16BrF2NOS. The van der Waals surface area contributed by atoms with Crippen LogP contribution in [-0.4, -0.2) is 8.96 Å². The lowest BCUT2D eigenvalue weighted by atomic mass is 10.1. The maximum absolute atomic E-state index is 13.6. The summed E-state index contributed by atoms with van der Waals surface area (Å²) in [7, 11) is -1.34. The summed E-state index contributed by atoms with van der Waals surface area (Å²) in [5.74, 6) is -1.83. The third-order valence-electron chi connectivity index (χ3n) is 2.33. The number of nitrogens with one attached hydrogen (secondary N) is 1. The van der Waals surface area contributed by atoms with E-state index >= 15 is 0 Å². The second kappa shape index (κ2) is 5.75. The highest BCUT2D eigenvalue weighted by molar-refractivity contribution is 9.10. The number of hydrogen-bond donors (Lipinski definition) is 1. The van der Waals surface area contributed by atoms with Crippen molar-refractivity contribution < 1.29 is 13.0 Å². The molecular weight excluding hydrogens is 324 g/mol. The van der Waals surface area contributed by atoms with Crippen molar-refractivity contribution in [3.05, 3.63) is 33.8 Å². The molecule has 2 atom stereocenters. The molecule has 1 unspecified atom stereocenters. The molecule has 0 bridgehead atoms. The Hall–Kier alpha value is -0.330. The van der Waals surface area contributed by atoms with Gasteiger partial charge in [-0.1, -0.05) is 15.9 Å². The van der Waals surface area contributed by atoms with Gasteiger partial charge in [0.2, 0.25) is 0 Å². The zero-order valence-electron chi connectivity index (χ0n) is 10.7. The van der Waals surface area contributed by atoms with Crippen LogP contribution in [0, 0.1) is 11.6 Å². The Morgan fingerprint density at radius 1 is 1.33 bits per heavy atom. The molecule has 1 aromatic carbocycles. The van der Waals surface area contributed by atoms with Crippen molar-refractivity contribution in [1.82, 2.24) is 4.72 Å². The molecule has 0 radical (unpaired) electrons. The number of halogens is 3. The average molecular weight is 340 g/mol. The van der Waals surface area contributed by atoms with Crippen molar-refractivity contribution in [3.63, 3.8) is 0 Å². The predicted molar refractivity (Wildman–Crippen MR) is 73.5 cm³/mol. The maximum Gasteiger partial charge on any atom is 0.163 e. The van der Waals surface area contributed by atoms with E-state index in [0.29, 0.717) is 4.47 Å². The molecule has 0 heterocycles. The average Bonchev–Trinajstić information content (AvgIpc) is 2.21. The Morgan fingerprint density at radius 3 is 2.39 bits per heavy atom. The monoisotopic (exact) mass is 339 g/mol. The molecule has 0 saturated heterocycles. The first-order valence-corrected chi connectivity index (χ1v) is 7.39. The number of benzene rings is 1. The number of rotatable bonds is 3. The van der Waals surface area contributed by atoms with Gasteiger partial charge in [-0.15, -0.1) is 0 Å². The minimum absolute atomic E-state index is 0.152. The Kier molecular flexibility index (Phi) is 5.03. The highest BCUT2D eigenvalue weighted by atomic mass is 79.9. The van der Waals surface area contributed by atoms with E-state index < -0.39 is 33.4 Å². The van der Waals surface area contributed by atoms with Gasteiger partial charge >= 0.3 is 0 Å². The van der Waals surface area contributed by atoms with Crippen molar-refractivity contribution in [3.8, 4) is 0 Å². The SMILES string of the molecule is C[C@@H](NS(=O)C(C)(C)C)c1cc(Br)cc(F)c1F. The third kappa shape index (κ3) is 3.83. The van der Waals surface area contributed by atoms with Crippen LogP contribution in [0.15, 0.2) is 16.6 Å². The second-order valence-corrected chi connectivity index (χ2v) is 7.93. The highest BCUT2D eigenvalue weighted by Gasteiger charge is 2.23. The summed E-state index contributed by atoms with van der Waals surface area (Å²) in [6.45, 7) is 7.07. The second-order valence-electron chi connectivity index (χ2n) is 5.01. The molecule has 0 aromatic heterocycles. The summed E-state index contributed by atoms with van der Waals surface area (Å²) in [6, 6.07) is 2.00. The normalized spacial score (nSPS) is 15.5. The molecule has 0 aliphatic rings. The number of hydrogen-bond acceptors (Lipinski definition) is 1. The van der Waals surface area contributed by atoms with E-state index in [1.807, 2.05) is 0 Å². The zero-order valence-corrected chi connectivity index (χ0v) is 13.1. The zero-order chi connectivity index (χ0) is 14.1. The van der Waals surface area contributed by atoms with Gasteiger partial charge in [-0.25, -0.2) is 17.7 Å². The molecule has 18 heavy (non-hydrogen) atoms. The topological polar surface area (TPSA) is 29.1 Å². The minimum atomic E-state index is -1.34. The van der Waals surface area contributed by atoms with Crippen LogP contribution < -0.4 is 4.72 Å². The predicted octanol–water partition coefficient (Wildman–Crippen LogP) is 3.84. The summed E-state index contributed by atoms with van der Waals surface area (Å²) >= 11 is 3.11. The van der Waals surface area contributed by atoms with Gasteiger partial charge in [0.05, 0.1) is 15.7 Å². The first kappa shape index (κ1) is 15.7. The van der Waals surface area contributed by atoms with Gasteiger partial charge in [-0.3, -0.25) is 0 Å². The van der Waals surface area contributed by atoms with Gasteiger partial charge < -0.3 is 0 Å². The Balaban J connectivity index is 2.98. The quantitative estimate of drug-likeness (QED) is 0.833. The molecule has 2 nitrogen and oxygen atoms in total. The van der Waals surface area contributed by atoms with Gasteiger partial charge in [-0.2, -0.15) is 0 Å². The lowest BCUT2D eigenvalue weighted by Gasteiger charge is -2.22. The van der Waals surface area contributed by atoms with Crippen LogP contribution >= 0.6 is 15.9 Å². The molecule has 0 amide bonds. The highest BCUT2D eigenvalue weighted by Crippen LogP contribution is 2.25. The third-order valence-corrected chi connectivity index (χ3v) is 4.47. The molecule has 0 saturated carbocycles. The fourth-order valence-corrected chi connectivity index (χ4v) is 2.54. The van der Waals surface area contributed by atoms with Gasteiger partial charge in [0.25, 0.3) is 0 Å². The molecule has 1 rings (SSSR count). The van der Waals surface area contributed by atoms with Crippen molar-refractivity contribution in [2.24, 2.45) is 0 Å². The van der Waals surface area contributed by atoms with Crippen LogP contribution in [0.4, 0.5) is 8.78 Å². The molecule has 1 aromatic rings. The maximum atomic E-state index is 13.6. The van der Waals surface area contributed by atoms with Gasteiger partial charge in [0.1, 0.15) is 0 Å². The van der Waals surface area contributed by atoms with E-state index in [4.69, 9.17) is 0 Å². The molecule has 0 aliphatic carbocycles. The molecule has 0 aliphatic heterocycles. The first-order chi connectivity index (χ1) is 8.12. The fraction of sp³-hybridized carbons (Fsp3) is 0.500. The Bertz CT molecular complexity index is 474. The molecule has 6 heteroatoms. The van der Waals surface area contributed by atoms with Crippen molar-refractivity contribution in [2.75, 3.05) is 0 Å². The summed E-state index contributed by atoms with van der Waals surface area (Å²) in [6.07, 6.45) is 0. The first-order valence-electron chi connectivity index (χ1n) is 5.45. The van der Waals surface area contributed by atoms with Crippen LogP contribution in [-0.2, 0) is 11.0 Å². The summed E-state index contributed by atoms with van der Waals surface area (Å²) in [4.78, 5) is 0. The smallest absolute Gasteiger partial charge is 0.163 e. The summed E-state index contributed by atoms with van der Waals surface area (Å²) in [5.41, 5.74) is 0.152. The molecule has 0 spiro atoms. The van der Waals surface area contributed by atoms with Crippen LogP contribution in [0.1, 0.15) is 39.3 Å². The van der Waals surface area contributed by atoms with E-state index in [-0.39, 0.29) is 5.56 Å². The van der Waals surface area contributed by atoms with Crippen LogP contribution in [0.3, 0.4) is 0 Å². The van der Waals surface area contributed by atoms with Gasteiger partial charge in [0.15, 0.2) is 11.6 Å². The molecule has 1 N–H and O–H groups in total. The van der Waals surface area contributed by atoms with E-state index in [1.165, 1.54) is 6.07 Å². The van der Waals surface area contributed by atoms with Gasteiger partial charge in [-0.05, 0) is 39.8 Å². The molecule has 102 valence electrons. The van der Waals surface area contributed by atoms with E-state index in [2.05, 4.69) is 20.7 Å². The van der Waals surface area contributed by atoms with Crippen LogP contribution in [0.2, 0.25) is 0 Å². The van der Waals surface area contributed by atoms with E-state index in [9.17, 15) is 13.0 Å². The van der Waals surface area contributed by atoms with Crippen molar-refractivity contribution >= 4 is 26.9 Å². The minimum Gasteiger partial charge on any atom is -0.242 e. The lowest BCUT2D eigenvalue weighted by Crippen LogP contribution is -2.35. The Labute approximate surface area is 117 Å². The van der Waals surface area contributed by atoms with Crippen LogP contribution in [0.5, 0.6) is 0 Å². The Morgan fingerprint density at radius 2 is 1.89 bits per heavy atom. The van der Waals surface area contributed by atoms with Crippen LogP contribution in [0.25, 0.3) is 0 Å². The van der Waals surface area contributed by atoms with Crippen molar-refractivity contribution in [1.29, 1.82) is 0 Å². The largest absolute Gasteiger partial charge is 0.242 e. The van der Waals surface area contributed by atoms with E-state index in [1.54, 1.807) is 27.7 Å². The molecule has 0 fully saturated rings. The summed E-state index contributed by atoms with van der Waals surface area (Å²) in [5, 5.41) is 0. The standard InChI is InChI=1S/C12H16BrF2NOS/c1-7(16-18(17)12(2,3)4)9-5-8(13)6-10(14)11(9)15/h5-7,16H,1-4H3/t7-,18?/m1/s1. The lowest BCUT2D eigenvalue weighted by molar-refractivity contribution is 0.486. The van der Waals surface area contributed by atoms with E-state index in [0.717, 1.165) is 6.07 Å².